The van der Waals surface area contributed by atoms with E-state index < -0.39 is 12.5 Å². The number of alkyl halides is 2. The van der Waals surface area contributed by atoms with Crippen LogP contribution >= 0.6 is 11.6 Å². The summed E-state index contributed by atoms with van der Waals surface area (Å²) in [5, 5.41) is 4.66. The molecule has 134 valence electrons. The van der Waals surface area contributed by atoms with Crippen LogP contribution in [-0.4, -0.2) is 19.1 Å². The van der Waals surface area contributed by atoms with Crippen molar-refractivity contribution in [2.24, 2.45) is 0 Å². The normalized spacial score (nSPS) is 10.8. The van der Waals surface area contributed by atoms with E-state index in [0.717, 1.165) is 10.8 Å². The number of fused-ring (bicyclic) bond motifs is 1. The number of benzene rings is 3. The summed E-state index contributed by atoms with van der Waals surface area (Å²) in [4.78, 5) is 12.1. The van der Waals surface area contributed by atoms with E-state index in [0.29, 0.717) is 10.8 Å². The molecule has 0 aliphatic carbocycles. The summed E-state index contributed by atoms with van der Waals surface area (Å²) in [5.41, 5.74) is 0.141. The fraction of sp³-hybridized carbons (Fsp3) is 0.105. The SMILES string of the molecule is O=C(COc1ccc(Cl)c2ccccc12)Nc1ccccc1OC(F)F. The Kier molecular flexibility index (Phi) is 5.53. The molecular weight excluding hydrogens is 364 g/mol. The van der Waals surface area contributed by atoms with Crippen LogP contribution in [0.4, 0.5) is 14.5 Å². The van der Waals surface area contributed by atoms with E-state index in [2.05, 4.69) is 10.1 Å². The van der Waals surface area contributed by atoms with Crippen LogP contribution in [0.15, 0.2) is 60.7 Å². The predicted molar refractivity (Wildman–Crippen MR) is 96.2 cm³/mol. The number of amides is 1. The summed E-state index contributed by atoms with van der Waals surface area (Å²) in [6.07, 6.45) is 0. The first-order valence-corrected chi connectivity index (χ1v) is 8.06. The Morgan fingerprint density at radius 3 is 2.42 bits per heavy atom. The number of para-hydroxylation sites is 2. The molecule has 0 bridgehead atoms. The summed E-state index contributed by atoms with van der Waals surface area (Å²) < 4.78 is 34.8. The second-order valence-corrected chi connectivity index (χ2v) is 5.71. The first-order valence-electron chi connectivity index (χ1n) is 7.68. The van der Waals surface area contributed by atoms with E-state index in [4.69, 9.17) is 16.3 Å². The molecule has 0 saturated carbocycles. The van der Waals surface area contributed by atoms with Crippen LogP contribution in [-0.2, 0) is 4.79 Å². The Morgan fingerprint density at radius 1 is 0.962 bits per heavy atom. The van der Waals surface area contributed by atoms with Gasteiger partial charge in [-0.05, 0) is 24.3 Å². The van der Waals surface area contributed by atoms with E-state index in [1.165, 1.54) is 18.2 Å². The lowest BCUT2D eigenvalue weighted by Crippen LogP contribution is -2.21. The van der Waals surface area contributed by atoms with Gasteiger partial charge in [0.15, 0.2) is 6.61 Å². The zero-order valence-corrected chi connectivity index (χ0v) is 14.2. The molecule has 7 heteroatoms. The molecule has 0 fully saturated rings. The smallest absolute Gasteiger partial charge is 0.387 e. The fourth-order valence-electron chi connectivity index (χ4n) is 2.46. The fourth-order valence-corrected chi connectivity index (χ4v) is 2.69. The number of carbonyl (C=O) groups is 1. The average Bonchev–Trinajstić information content (AvgIpc) is 2.63. The molecule has 0 heterocycles. The molecule has 0 spiro atoms. The topological polar surface area (TPSA) is 47.6 Å². The van der Waals surface area contributed by atoms with E-state index in [1.807, 2.05) is 24.3 Å². The van der Waals surface area contributed by atoms with Crippen molar-refractivity contribution in [2.45, 2.75) is 6.61 Å². The van der Waals surface area contributed by atoms with E-state index in [9.17, 15) is 13.6 Å². The van der Waals surface area contributed by atoms with Crippen molar-refractivity contribution in [1.29, 1.82) is 0 Å². The Morgan fingerprint density at radius 2 is 1.65 bits per heavy atom. The summed E-state index contributed by atoms with van der Waals surface area (Å²) in [6.45, 7) is -3.28. The maximum absolute atomic E-state index is 12.4. The molecule has 0 aromatic heterocycles. The lowest BCUT2D eigenvalue weighted by atomic mass is 10.1. The molecule has 0 atom stereocenters. The van der Waals surface area contributed by atoms with Crippen molar-refractivity contribution in [2.75, 3.05) is 11.9 Å². The maximum Gasteiger partial charge on any atom is 0.387 e. The molecule has 0 aliphatic rings. The number of rotatable bonds is 6. The van der Waals surface area contributed by atoms with Gasteiger partial charge in [-0.3, -0.25) is 4.79 Å². The number of ether oxygens (including phenoxy) is 2. The number of hydrogen-bond acceptors (Lipinski definition) is 3. The lowest BCUT2D eigenvalue weighted by molar-refractivity contribution is -0.118. The molecule has 1 amide bonds. The average molecular weight is 378 g/mol. The molecule has 3 aromatic carbocycles. The van der Waals surface area contributed by atoms with E-state index >= 15 is 0 Å². The van der Waals surface area contributed by atoms with Gasteiger partial charge in [-0.15, -0.1) is 0 Å². The minimum absolute atomic E-state index is 0.118. The molecule has 3 rings (SSSR count). The maximum atomic E-state index is 12.4. The molecule has 3 aromatic rings. The van der Waals surface area contributed by atoms with Gasteiger partial charge in [0.05, 0.1) is 5.69 Å². The van der Waals surface area contributed by atoms with Crippen molar-refractivity contribution in [1.82, 2.24) is 0 Å². The van der Waals surface area contributed by atoms with Crippen LogP contribution < -0.4 is 14.8 Å². The zero-order chi connectivity index (χ0) is 18.5. The first-order chi connectivity index (χ1) is 12.5. The van der Waals surface area contributed by atoms with Gasteiger partial charge in [0.2, 0.25) is 0 Å². The predicted octanol–water partition coefficient (Wildman–Crippen LogP) is 5.11. The van der Waals surface area contributed by atoms with Crippen LogP contribution in [0.2, 0.25) is 5.02 Å². The molecule has 4 nitrogen and oxygen atoms in total. The van der Waals surface area contributed by atoms with E-state index in [1.54, 1.807) is 18.2 Å². The lowest BCUT2D eigenvalue weighted by Gasteiger charge is -2.13. The Balaban J connectivity index is 1.70. The van der Waals surface area contributed by atoms with Gasteiger partial charge in [-0.2, -0.15) is 8.78 Å². The highest BCUT2D eigenvalue weighted by atomic mass is 35.5. The highest BCUT2D eigenvalue weighted by molar-refractivity contribution is 6.35. The third-order valence-corrected chi connectivity index (χ3v) is 3.90. The van der Waals surface area contributed by atoms with Crippen molar-refractivity contribution in [3.8, 4) is 11.5 Å². The van der Waals surface area contributed by atoms with Gasteiger partial charge in [-0.1, -0.05) is 48.0 Å². The van der Waals surface area contributed by atoms with Crippen LogP contribution in [0, 0.1) is 0 Å². The molecule has 0 unspecified atom stereocenters. The van der Waals surface area contributed by atoms with E-state index in [-0.39, 0.29) is 18.0 Å². The number of hydrogen-bond donors (Lipinski definition) is 1. The minimum atomic E-state index is -2.98. The quantitative estimate of drug-likeness (QED) is 0.649. The standard InChI is InChI=1S/C19H14ClF2NO3/c20-14-9-10-16(13-6-2-1-5-12(13)14)25-11-18(24)23-15-7-3-4-8-17(15)26-19(21)22/h1-10,19H,11H2,(H,23,24). The van der Waals surface area contributed by atoms with Crippen molar-refractivity contribution in [3.05, 3.63) is 65.7 Å². The van der Waals surface area contributed by atoms with Crippen LogP contribution in [0.3, 0.4) is 0 Å². The van der Waals surface area contributed by atoms with Gasteiger partial charge in [0.1, 0.15) is 11.5 Å². The summed E-state index contributed by atoms with van der Waals surface area (Å²) in [5.74, 6) is -0.126. The van der Waals surface area contributed by atoms with Gasteiger partial charge < -0.3 is 14.8 Å². The first kappa shape index (κ1) is 17.9. The van der Waals surface area contributed by atoms with Gasteiger partial charge in [0, 0.05) is 15.8 Å². The van der Waals surface area contributed by atoms with Crippen LogP contribution in [0.25, 0.3) is 10.8 Å². The van der Waals surface area contributed by atoms with Gasteiger partial charge in [-0.25, -0.2) is 0 Å². The Labute approximate surface area is 153 Å². The molecule has 0 aliphatic heterocycles. The minimum Gasteiger partial charge on any atom is -0.483 e. The van der Waals surface area contributed by atoms with Gasteiger partial charge in [0.25, 0.3) is 5.91 Å². The summed E-state index contributed by atoms with van der Waals surface area (Å²) >= 11 is 6.15. The van der Waals surface area contributed by atoms with Crippen LogP contribution in [0.5, 0.6) is 11.5 Å². The van der Waals surface area contributed by atoms with Gasteiger partial charge >= 0.3 is 6.61 Å². The van der Waals surface area contributed by atoms with Crippen molar-refractivity contribution >= 4 is 34.0 Å². The zero-order valence-electron chi connectivity index (χ0n) is 13.4. The molecule has 0 radical (unpaired) electrons. The Bertz CT molecular complexity index is 934. The second kappa shape index (κ2) is 8.01. The monoisotopic (exact) mass is 377 g/mol. The Hall–Kier alpha value is -2.86. The van der Waals surface area contributed by atoms with Crippen LogP contribution in [0.1, 0.15) is 0 Å². The largest absolute Gasteiger partial charge is 0.483 e. The van der Waals surface area contributed by atoms with Crippen molar-refractivity contribution < 1.29 is 23.0 Å². The third kappa shape index (κ3) is 4.21. The molecular formula is C19H14ClF2NO3. The summed E-state index contributed by atoms with van der Waals surface area (Å²) in [6, 6.07) is 16.7. The number of nitrogens with one attached hydrogen (secondary N) is 1. The third-order valence-electron chi connectivity index (χ3n) is 3.57. The number of carbonyl (C=O) groups excluding carboxylic acids is 1. The number of anilines is 1. The second-order valence-electron chi connectivity index (χ2n) is 5.30. The van der Waals surface area contributed by atoms with Crippen molar-refractivity contribution in [3.63, 3.8) is 0 Å². The highest BCUT2D eigenvalue weighted by Gasteiger charge is 2.13. The molecule has 1 N–H and O–H groups in total. The number of halogens is 3. The molecule has 26 heavy (non-hydrogen) atoms. The summed E-state index contributed by atoms with van der Waals surface area (Å²) in [7, 11) is 0. The highest BCUT2D eigenvalue weighted by Crippen LogP contribution is 2.31. The molecule has 0 saturated heterocycles.